The maximum atomic E-state index is 13.6. The average Bonchev–Trinajstić information content (AvgIpc) is 3.28. The van der Waals surface area contributed by atoms with Gasteiger partial charge in [0.25, 0.3) is 0 Å². The van der Waals surface area contributed by atoms with Crippen molar-refractivity contribution >= 4 is 21.4 Å². The molecule has 3 heterocycles. The van der Waals surface area contributed by atoms with Gasteiger partial charge in [0, 0.05) is 31.6 Å². The number of aromatic nitrogens is 6. The van der Waals surface area contributed by atoms with E-state index in [2.05, 4.69) is 32.1 Å². The number of sulfone groups is 1. The molecule has 4 atom stereocenters. The fourth-order valence-electron chi connectivity index (χ4n) is 4.75. The van der Waals surface area contributed by atoms with Crippen LogP contribution in [0.3, 0.4) is 0 Å². The summed E-state index contributed by atoms with van der Waals surface area (Å²) in [5, 5.41) is 8.19. The van der Waals surface area contributed by atoms with E-state index in [1.807, 2.05) is 16.7 Å². The summed E-state index contributed by atoms with van der Waals surface area (Å²) in [5.41, 5.74) is 0.584. The highest BCUT2D eigenvalue weighted by molar-refractivity contribution is 7.91. The minimum absolute atomic E-state index is 0.0649. The van der Waals surface area contributed by atoms with Crippen LogP contribution in [0.4, 0.5) is 0 Å². The van der Waals surface area contributed by atoms with Crippen molar-refractivity contribution in [3.05, 3.63) is 47.3 Å². The monoisotopic (exact) mass is 534 g/mol. The first-order valence-electron chi connectivity index (χ1n) is 11.9. The molecule has 1 saturated carbocycles. The van der Waals surface area contributed by atoms with Gasteiger partial charge in [0.1, 0.15) is 23.4 Å². The van der Waals surface area contributed by atoms with Crippen LogP contribution in [-0.2, 0) is 20.3 Å². The van der Waals surface area contributed by atoms with E-state index in [0.29, 0.717) is 34.2 Å². The minimum atomic E-state index is -3.75. The largest absolute Gasteiger partial charge is 0.481 e. The number of nitrogens with zero attached hydrogens (tertiary/aromatic N) is 6. The molecule has 0 saturated heterocycles. The Morgan fingerprint density at radius 1 is 1.14 bits per heavy atom. The maximum absolute atomic E-state index is 13.6. The lowest BCUT2D eigenvalue weighted by atomic mass is 9.85. The van der Waals surface area contributed by atoms with Gasteiger partial charge in [0.15, 0.2) is 21.5 Å². The Morgan fingerprint density at radius 2 is 1.86 bits per heavy atom. The molecule has 0 spiro atoms. The van der Waals surface area contributed by atoms with Crippen LogP contribution in [0.5, 0.6) is 5.88 Å². The Morgan fingerprint density at radius 3 is 2.53 bits per heavy atom. The van der Waals surface area contributed by atoms with Gasteiger partial charge < -0.3 is 14.0 Å². The van der Waals surface area contributed by atoms with Crippen LogP contribution in [0.2, 0.25) is 5.02 Å². The van der Waals surface area contributed by atoms with Crippen molar-refractivity contribution in [3.63, 3.8) is 0 Å². The zero-order chi connectivity index (χ0) is 25.9. The Hall–Kier alpha value is -2.63. The van der Waals surface area contributed by atoms with Gasteiger partial charge in [-0.1, -0.05) is 37.4 Å². The van der Waals surface area contributed by atoms with Crippen molar-refractivity contribution in [1.82, 2.24) is 29.7 Å². The normalized spacial score (nSPS) is 20.1. The molecule has 3 aromatic rings. The predicted molar refractivity (Wildman–Crippen MR) is 135 cm³/mol. The van der Waals surface area contributed by atoms with E-state index in [9.17, 15) is 8.42 Å². The van der Waals surface area contributed by atoms with E-state index in [4.69, 9.17) is 21.1 Å². The molecule has 0 bridgehead atoms. The Bertz CT molecular complexity index is 1280. The zero-order valence-electron chi connectivity index (χ0n) is 20.8. The number of ether oxygens (including phenoxy) is 2. The van der Waals surface area contributed by atoms with Crippen LogP contribution in [0.25, 0.3) is 11.5 Å². The zero-order valence-corrected chi connectivity index (χ0v) is 22.4. The van der Waals surface area contributed by atoms with Gasteiger partial charge in [-0.15, -0.1) is 10.2 Å². The second-order valence-electron chi connectivity index (χ2n) is 9.13. The lowest BCUT2D eigenvalue weighted by Crippen LogP contribution is -2.31. The minimum Gasteiger partial charge on any atom is -0.481 e. The van der Waals surface area contributed by atoms with Crippen molar-refractivity contribution in [2.75, 3.05) is 14.2 Å². The highest BCUT2D eigenvalue weighted by atomic mass is 35.5. The van der Waals surface area contributed by atoms with Crippen molar-refractivity contribution in [1.29, 1.82) is 0 Å². The van der Waals surface area contributed by atoms with E-state index in [1.54, 1.807) is 20.1 Å². The summed E-state index contributed by atoms with van der Waals surface area (Å²) in [6, 6.07) is 5.48. The van der Waals surface area contributed by atoms with Crippen LogP contribution in [0.1, 0.15) is 63.3 Å². The van der Waals surface area contributed by atoms with E-state index in [0.717, 1.165) is 25.7 Å². The number of pyridine rings is 1. The summed E-state index contributed by atoms with van der Waals surface area (Å²) in [6.45, 7) is 3.78. The highest BCUT2D eigenvalue weighted by Crippen LogP contribution is 2.37. The maximum Gasteiger partial charge on any atom is 0.213 e. The SMILES string of the molecule is COc1cccc(-c2nnc(CS(=O)(=O)[C@@H](C)[C@H](OC)c3ncc(Cl)cn3)n2[C@@H]2CCCC[C@H]2C)n1. The second-order valence-corrected chi connectivity index (χ2v) is 11.9. The van der Waals surface area contributed by atoms with Crippen molar-refractivity contribution in [3.8, 4) is 17.4 Å². The molecular weight excluding hydrogens is 504 g/mol. The van der Waals surface area contributed by atoms with E-state index >= 15 is 0 Å². The third-order valence-electron chi connectivity index (χ3n) is 6.80. The molecule has 4 rings (SSSR count). The van der Waals surface area contributed by atoms with Crippen LogP contribution >= 0.6 is 11.6 Å². The lowest BCUT2D eigenvalue weighted by molar-refractivity contribution is 0.0948. The molecule has 1 aliphatic carbocycles. The Kier molecular flexibility index (Phi) is 8.21. The fraction of sp³-hybridized carbons (Fsp3) is 0.542. The van der Waals surface area contributed by atoms with Crippen LogP contribution in [0, 0.1) is 5.92 Å². The number of halogens is 1. The van der Waals surface area contributed by atoms with Crippen LogP contribution in [0.15, 0.2) is 30.6 Å². The van der Waals surface area contributed by atoms with Gasteiger partial charge in [-0.05, 0) is 31.7 Å². The third kappa shape index (κ3) is 5.52. The number of methoxy groups -OCH3 is 2. The summed E-state index contributed by atoms with van der Waals surface area (Å²) >= 11 is 5.90. The molecule has 36 heavy (non-hydrogen) atoms. The van der Waals surface area contributed by atoms with Gasteiger partial charge in [-0.25, -0.2) is 23.4 Å². The number of hydrogen-bond acceptors (Lipinski definition) is 9. The third-order valence-corrected chi connectivity index (χ3v) is 9.03. The molecule has 0 aromatic carbocycles. The molecule has 1 fully saturated rings. The highest BCUT2D eigenvalue weighted by Gasteiger charge is 2.36. The van der Waals surface area contributed by atoms with Gasteiger partial charge >= 0.3 is 0 Å². The quantitative estimate of drug-likeness (QED) is 0.396. The first-order valence-corrected chi connectivity index (χ1v) is 14.0. The molecule has 0 N–H and O–H groups in total. The molecule has 0 radical (unpaired) electrons. The van der Waals surface area contributed by atoms with Crippen LogP contribution in [-0.4, -0.2) is 57.6 Å². The number of rotatable bonds is 9. The summed E-state index contributed by atoms with van der Waals surface area (Å²) in [7, 11) is -0.760. The molecule has 10 nitrogen and oxygen atoms in total. The molecule has 194 valence electrons. The van der Waals surface area contributed by atoms with Crippen molar-refractivity contribution in [2.45, 2.75) is 62.7 Å². The molecule has 3 aromatic heterocycles. The van der Waals surface area contributed by atoms with Crippen molar-refractivity contribution < 1.29 is 17.9 Å². The molecule has 1 aliphatic rings. The van der Waals surface area contributed by atoms with E-state index < -0.39 is 21.2 Å². The van der Waals surface area contributed by atoms with Crippen molar-refractivity contribution in [2.24, 2.45) is 5.92 Å². The standard InChI is InChI=1S/C24H31ClN6O4S/c1-15-8-5-6-10-19(15)31-20(29-30-24(31)18-9-7-11-21(28-18)34-3)14-36(32,33)16(2)22(35-4)23-26-12-17(25)13-27-23/h7,9,11-13,15-16,19,22H,5-6,8,10,14H2,1-4H3/t15-,16+,19-,22+/m1/s1. The molecule has 0 unspecified atom stereocenters. The molecular formula is C24H31ClN6O4S. The Balaban J connectivity index is 1.72. The molecule has 12 heteroatoms. The van der Waals surface area contributed by atoms with Crippen LogP contribution < -0.4 is 4.74 Å². The topological polar surface area (TPSA) is 122 Å². The predicted octanol–water partition coefficient (Wildman–Crippen LogP) is 4.23. The van der Waals surface area contributed by atoms with Gasteiger partial charge in [-0.2, -0.15) is 0 Å². The number of hydrogen-bond donors (Lipinski definition) is 0. The summed E-state index contributed by atoms with van der Waals surface area (Å²) in [5.74, 6) is 1.66. The summed E-state index contributed by atoms with van der Waals surface area (Å²) in [4.78, 5) is 12.9. The summed E-state index contributed by atoms with van der Waals surface area (Å²) in [6.07, 6.45) is 6.15. The smallest absolute Gasteiger partial charge is 0.213 e. The lowest BCUT2D eigenvalue weighted by Gasteiger charge is -2.32. The molecule has 0 aliphatic heterocycles. The summed E-state index contributed by atoms with van der Waals surface area (Å²) < 4.78 is 40.0. The average molecular weight is 535 g/mol. The second kappa shape index (κ2) is 11.2. The molecule has 0 amide bonds. The first-order chi connectivity index (χ1) is 17.2. The van der Waals surface area contributed by atoms with Gasteiger partial charge in [0.05, 0.1) is 17.4 Å². The van der Waals surface area contributed by atoms with E-state index in [-0.39, 0.29) is 17.6 Å². The van der Waals surface area contributed by atoms with Gasteiger partial charge in [0.2, 0.25) is 5.88 Å². The first kappa shape index (κ1) is 26.4. The Labute approximate surface area is 216 Å². The van der Waals surface area contributed by atoms with E-state index in [1.165, 1.54) is 19.5 Å². The fourth-order valence-corrected chi connectivity index (χ4v) is 6.28. The van der Waals surface area contributed by atoms with Gasteiger partial charge in [-0.3, -0.25) is 0 Å².